The molecule has 9 nitrogen and oxygen atoms in total. The van der Waals surface area contributed by atoms with Gasteiger partial charge in [0.05, 0.1) is 28.0 Å². The van der Waals surface area contributed by atoms with Crippen molar-refractivity contribution in [3.8, 4) is 5.69 Å². The van der Waals surface area contributed by atoms with Crippen molar-refractivity contribution in [2.24, 2.45) is 5.92 Å². The van der Waals surface area contributed by atoms with Gasteiger partial charge in [0, 0.05) is 36.6 Å². The Morgan fingerprint density at radius 1 is 1.15 bits per heavy atom. The molecule has 1 fully saturated rings. The predicted octanol–water partition coefficient (Wildman–Crippen LogP) is 5.43. The summed E-state index contributed by atoms with van der Waals surface area (Å²) in [6, 6.07) is 6.24. The molecular formula is C28H25ClF3N7O2. The molecule has 5 aromatic heterocycles. The van der Waals surface area contributed by atoms with Crippen LogP contribution in [0, 0.1) is 12.8 Å². The van der Waals surface area contributed by atoms with Crippen LogP contribution in [0.2, 0.25) is 5.02 Å². The van der Waals surface area contributed by atoms with Crippen LogP contribution in [0.1, 0.15) is 47.3 Å². The van der Waals surface area contributed by atoms with E-state index in [-0.39, 0.29) is 22.7 Å². The lowest BCUT2D eigenvalue weighted by atomic mass is 9.85. The van der Waals surface area contributed by atoms with Crippen LogP contribution in [-0.4, -0.2) is 41.0 Å². The van der Waals surface area contributed by atoms with E-state index in [1.54, 1.807) is 27.6 Å². The molecule has 0 aromatic carbocycles. The van der Waals surface area contributed by atoms with Crippen LogP contribution in [0.15, 0.2) is 53.8 Å². The zero-order chi connectivity index (χ0) is 28.9. The number of amides is 1. The van der Waals surface area contributed by atoms with Crippen LogP contribution in [0.25, 0.3) is 27.9 Å². The highest BCUT2D eigenvalue weighted by molar-refractivity contribution is 6.30. The Labute approximate surface area is 236 Å². The summed E-state index contributed by atoms with van der Waals surface area (Å²) in [6.45, 7) is 2.42. The Bertz CT molecular complexity index is 1830. The fourth-order valence-electron chi connectivity index (χ4n) is 5.59. The first-order valence-electron chi connectivity index (χ1n) is 13.1. The van der Waals surface area contributed by atoms with Gasteiger partial charge in [0.2, 0.25) is 0 Å². The Kier molecular flexibility index (Phi) is 6.80. The number of nitrogens with zero attached hydrogens (tertiary/aromatic N) is 5. The second-order valence-corrected chi connectivity index (χ2v) is 10.8. The highest BCUT2D eigenvalue weighted by Crippen LogP contribution is 2.32. The number of aryl methyl sites for hydroxylation is 1. The van der Waals surface area contributed by atoms with Crippen LogP contribution < -0.4 is 11.0 Å². The Morgan fingerprint density at radius 3 is 2.68 bits per heavy atom. The third kappa shape index (κ3) is 5.08. The topological polar surface area (TPSA) is 110 Å². The van der Waals surface area contributed by atoms with Crippen molar-refractivity contribution in [2.75, 3.05) is 0 Å². The van der Waals surface area contributed by atoms with E-state index in [0.29, 0.717) is 49.1 Å². The van der Waals surface area contributed by atoms with Crippen molar-refractivity contribution in [3.63, 3.8) is 0 Å². The molecule has 2 N–H and O–H groups in total. The molecule has 1 saturated carbocycles. The van der Waals surface area contributed by atoms with E-state index in [4.69, 9.17) is 11.6 Å². The van der Waals surface area contributed by atoms with Gasteiger partial charge in [0.1, 0.15) is 5.65 Å². The fraction of sp³-hybridized carbons (Fsp3) is 0.321. The molecule has 0 bridgehead atoms. The number of alkyl halides is 3. The fourth-order valence-corrected chi connectivity index (χ4v) is 5.75. The number of carbonyl (C=O) groups excluding carboxylic acids is 1. The summed E-state index contributed by atoms with van der Waals surface area (Å²) in [5.74, 6) is -0.726. The monoisotopic (exact) mass is 583 g/mol. The first kappa shape index (κ1) is 27.0. The predicted molar refractivity (Wildman–Crippen MR) is 147 cm³/mol. The lowest BCUT2D eigenvalue weighted by Gasteiger charge is -2.29. The first-order chi connectivity index (χ1) is 19.6. The standard InChI is InChI=1S/C28H25ClF3N7O2/c1-15-11-35-24-20(15)10-19(13-36-24)39-25-22(3-2-8-33-25)38(27(39)41)14-16-4-6-18(7-5-16)37-26(40)21-9-17(29)12-34-23(21)28(30,31)32/h2-3,8-13,16,18H,4-7,14H2,1H3,(H,35,36)(H,37,40)/t16-,18-. The average Bonchev–Trinajstić information content (AvgIpc) is 3.45. The summed E-state index contributed by atoms with van der Waals surface area (Å²) < 4.78 is 43.4. The highest BCUT2D eigenvalue weighted by atomic mass is 35.5. The van der Waals surface area contributed by atoms with Crippen molar-refractivity contribution in [1.82, 2.24) is 34.4 Å². The third-order valence-electron chi connectivity index (χ3n) is 7.66. The van der Waals surface area contributed by atoms with Crippen LogP contribution >= 0.6 is 11.6 Å². The molecule has 5 aromatic rings. The maximum absolute atomic E-state index is 13.7. The van der Waals surface area contributed by atoms with Gasteiger partial charge < -0.3 is 10.3 Å². The molecule has 1 aliphatic rings. The van der Waals surface area contributed by atoms with Gasteiger partial charge in [-0.05, 0) is 68.4 Å². The summed E-state index contributed by atoms with van der Waals surface area (Å²) in [5, 5.41) is 3.58. The third-order valence-corrected chi connectivity index (χ3v) is 7.87. The molecule has 1 aliphatic carbocycles. The van der Waals surface area contributed by atoms with E-state index in [1.165, 1.54) is 0 Å². The smallest absolute Gasteiger partial charge is 0.349 e. The molecule has 0 atom stereocenters. The molecule has 0 radical (unpaired) electrons. The summed E-state index contributed by atoms with van der Waals surface area (Å²) in [6.07, 6.45) is 3.73. The maximum atomic E-state index is 13.7. The number of hydrogen-bond donors (Lipinski definition) is 2. The number of aromatic nitrogens is 6. The Balaban J connectivity index is 1.19. The zero-order valence-electron chi connectivity index (χ0n) is 21.9. The number of fused-ring (bicyclic) bond motifs is 2. The van der Waals surface area contributed by atoms with E-state index in [1.807, 2.05) is 25.3 Å². The van der Waals surface area contributed by atoms with Crippen molar-refractivity contribution >= 4 is 39.7 Å². The van der Waals surface area contributed by atoms with E-state index in [9.17, 15) is 22.8 Å². The number of rotatable bonds is 5. The summed E-state index contributed by atoms with van der Waals surface area (Å²) in [5.41, 5.74) is 1.52. The normalized spacial score (nSPS) is 17.8. The van der Waals surface area contributed by atoms with Crippen LogP contribution in [-0.2, 0) is 12.7 Å². The Morgan fingerprint density at radius 2 is 1.93 bits per heavy atom. The van der Waals surface area contributed by atoms with Crippen molar-refractivity contribution in [1.29, 1.82) is 0 Å². The largest absolute Gasteiger partial charge is 0.434 e. The van der Waals surface area contributed by atoms with Gasteiger partial charge in [-0.25, -0.2) is 24.3 Å². The second kappa shape index (κ2) is 10.3. The minimum atomic E-state index is -4.78. The van der Waals surface area contributed by atoms with E-state index in [0.717, 1.165) is 28.9 Å². The number of pyridine rings is 3. The van der Waals surface area contributed by atoms with Gasteiger partial charge in [0.25, 0.3) is 5.91 Å². The van der Waals surface area contributed by atoms with Gasteiger partial charge in [-0.1, -0.05) is 11.6 Å². The number of nitrogens with one attached hydrogen (secondary N) is 2. The molecule has 0 aliphatic heterocycles. The number of H-pyrrole nitrogens is 1. The number of aromatic amines is 1. The number of hydrogen-bond acceptors (Lipinski definition) is 5. The SMILES string of the molecule is Cc1c[nH]c2ncc(-n3c(=O)n(C[C@H]4CC[C@H](NC(=O)c5cc(Cl)cnc5C(F)(F)F)CC4)c4cccnc43)cc12. The molecule has 1 amide bonds. The quantitative estimate of drug-likeness (QED) is 0.287. The van der Waals surface area contributed by atoms with Crippen LogP contribution in [0.3, 0.4) is 0 Å². The van der Waals surface area contributed by atoms with Crippen molar-refractivity contribution in [2.45, 2.75) is 51.4 Å². The van der Waals surface area contributed by atoms with Crippen molar-refractivity contribution < 1.29 is 18.0 Å². The molecular weight excluding hydrogens is 559 g/mol. The molecule has 5 heterocycles. The van der Waals surface area contributed by atoms with Gasteiger partial charge in [-0.3, -0.25) is 9.36 Å². The lowest BCUT2D eigenvalue weighted by Crippen LogP contribution is -2.39. The molecule has 0 spiro atoms. The second-order valence-electron chi connectivity index (χ2n) is 10.4. The van der Waals surface area contributed by atoms with Crippen LogP contribution in [0.4, 0.5) is 13.2 Å². The summed E-state index contributed by atoms with van der Waals surface area (Å²) in [7, 11) is 0. The van der Waals surface area contributed by atoms with Crippen LogP contribution in [0.5, 0.6) is 0 Å². The summed E-state index contributed by atoms with van der Waals surface area (Å²) >= 11 is 5.82. The molecule has 13 heteroatoms. The molecule has 0 unspecified atom stereocenters. The first-order valence-corrected chi connectivity index (χ1v) is 13.5. The lowest BCUT2D eigenvalue weighted by molar-refractivity contribution is -0.141. The van der Waals surface area contributed by atoms with E-state index >= 15 is 0 Å². The highest BCUT2D eigenvalue weighted by Gasteiger charge is 2.38. The zero-order valence-corrected chi connectivity index (χ0v) is 22.6. The van der Waals surface area contributed by atoms with E-state index < -0.39 is 23.3 Å². The van der Waals surface area contributed by atoms with Gasteiger partial charge in [0.15, 0.2) is 11.3 Å². The number of carbonyl (C=O) groups is 1. The van der Waals surface area contributed by atoms with E-state index in [2.05, 4.69) is 25.3 Å². The Hall–Kier alpha value is -4.19. The number of halogens is 4. The number of imidazole rings is 1. The molecule has 41 heavy (non-hydrogen) atoms. The molecule has 0 saturated heterocycles. The van der Waals surface area contributed by atoms with Gasteiger partial charge >= 0.3 is 11.9 Å². The average molecular weight is 584 g/mol. The molecule has 212 valence electrons. The minimum absolute atomic E-state index is 0.0510. The minimum Gasteiger partial charge on any atom is -0.349 e. The molecule has 6 rings (SSSR count). The summed E-state index contributed by atoms with van der Waals surface area (Å²) in [4.78, 5) is 41.9. The van der Waals surface area contributed by atoms with Gasteiger partial charge in [-0.15, -0.1) is 0 Å². The maximum Gasteiger partial charge on any atom is 0.434 e. The van der Waals surface area contributed by atoms with Crippen molar-refractivity contribution in [3.05, 3.63) is 81.4 Å². The van der Waals surface area contributed by atoms with Gasteiger partial charge in [-0.2, -0.15) is 13.2 Å².